The minimum absolute atomic E-state index is 0.101. The van der Waals surface area contributed by atoms with Crippen molar-refractivity contribution in [3.63, 3.8) is 0 Å². The van der Waals surface area contributed by atoms with Crippen molar-refractivity contribution in [2.75, 3.05) is 38.6 Å². The maximum absolute atomic E-state index is 5.40. The summed E-state index contributed by atoms with van der Waals surface area (Å²) < 4.78 is 5.40. The fourth-order valence-corrected chi connectivity index (χ4v) is 4.54. The highest BCUT2D eigenvalue weighted by molar-refractivity contribution is 5.90. The number of anilines is 1. The van der Waals surface area contributed by atoms with Gasteiger partial charge in [-0.15, -0.1) is 0 Å². The van der Waals surface area contributed by atoms with E-state index in [1.807, 2.05) is 12.3 Å². The topological polar surface area (TPSA) is 66.1 Å². The number of aromatic amines is 1. The third kappa shape index (κ3) is 6.50. The average molecular weight is 500 g/mol. The van der Waals surface area contributed by atoms with Crippen LogP contribution >= 0.6 is 0 Å². The molecule has 196 valence electrons. The Bertz CT molecular complexity index is 1320. The van der Waals surface area contributed by atoms with Gasteiger partial charge in [0.2, 0.25) is 0 Å². The maximum atomic E-state index is 5.40. The number of hydrogen-bond acceptors (Lipinski definition) is 5. The van der Waals surface area contributed by atoms with Crippen LogP contribution < -0.4 is 10.1 Å². The van der Waals surface area contributed by atoms with Crippen LogP contribution in [0.2, 0.25) is 0 Å². The fraction of sp³-hybridized carbons (Fsp3) is 0.419. The quantitative estimate of drug-likeness (QED) is 0.215. The third-order valence-corrected chi connectivity index (χ3v) is 6.89. The first kappa shape index (κ1) is 26.7. The normalized spacial score (nSPS) is 11.9. The number of benzene rings is 2. The van der Waals surface area contributed by atoms with Crippen molar-refractivity contribution in [1.82, 2.24) is 19.9 Å². The van der Waals surface area contributed by atoms with Gasteiger partial charge in [0.05, 0.1) is 18.5 Å². The number of aromatic nitrogens is 3. The fourth-order valence-electron chi connectivity index (χ4n) is 4.54. The zero-order valence-corrected chi connectivity index (χ0v) is 23.2. The molecule has 0 aliphatic carbocycles. The molecule has 2 N–H and O–H groups in total. The molecule has 0 bridgehead atoms. The summed E-state index contributed by atoms with van der Waals surface area (Å²) in [5, 5.41) is 5.82. The first-order valence-corrected chi connectivity index (χ1v) is 13.4. The van der Waals surface area contributed by atoms with E-state index in [2.05, 4.69) is 97.3 Å². The smallest absolute Gasteiger partial charge is 0.126 e. The number of nitrogens with one attached hydrogen (secondary N) is 2. The lowest BCUT2D eigenvalue weighted by Gasteiger charge is -2.17. The summed E-state index contributed by atoms with van der Waals surface area (Å²) >= 11 is 0. The molecule has 0 saturated carbocycles. The number of rotatable bonds is 11. The summed E-state index contributed by atoms with van der Waals surface area (Å²) in [4.78, 5) is 15.8. The molecule has 0 fully saturated rings. The Kier molecular flexibility index (Phi) is 8.49. The van der Waals surface area contributed by atoms with Crippen LogP contribution in [0.1, 0.15) is 53.3 Å². The number of pyridine rings is 1. The zero-order chi connectivity index (χ0) is 26.4. The van der Waals surface area contributed by atoms with Crippen LogP contribution in [0, 0.1) is 0 Å². The molecule has 37 heavy (non-hydrogen) atoms. The van der Waals surface area contributed by atoms with Crippen LogP contribution in [-0.2, 0) is 5.41 Å². The van der Waals surface area contributed by atoms with Gasteiger partial charge in [-0.1, -0.05) is 52.8 Å². The first-order valence-electron chi connectivity index (χ1n) is 13.4. The lowest BCUT2D eigenvalue weighted by atomic mass is 9.96. The summed E-state index contributed by atoms with van der Waals surface area (Å²) in [7, 11) is 1.70. The van der Waals surface area contributed by atoms with Crippen LogP contribution in [0.25, 0.3) is 33.3 Å². The van der Waals surface area contributed by atoms with E-state index in [1.54, 1.807) is 7.11 Å². The lowest BCUT2D eigenvalue weighted by molar-refractivity contribution is 0.298. The second-order valence-electron chi connectivity index (χ2n) is 10.6. The van der Waals surface area contributed by atoms with Gasteiger partial charge in [-0.3, -0.25) is 0 Å². The van der Waals surface area contributed by atoms with Gasteiger partial charge in [0.1, 0.15) is 17.4 Å². The van der Waals surface area contributed by atoms with Gasteiger partial charge in [-0.2, -0.15) is 0 Å². The predicted octanol–water partition coefficient (Wildman–Crippen LogP) is 7.13. The summed E-state index contributed by atoms with van der Waals surface area (Å²) in [6.45, 7) is 15.3. The highest BCUT2D eigenvalue weighted by atomic mass is 16.5. The van der Waals surface area contributed by atoms with E-state index in [4.69, 9.17) is 9.72 Å². The highest BCUT2D eigenvalue weighted by Gasteiger charge is 2.23. The molecule has 0 radical (unpaired) electrons. The molecule has 0 spiro atoms. The molecule has 4 aromatic rings. The molecule has 0 aliphatic heterocycles. The molecular formula is C31H41N5O. The second-order valence-corrected chi connectivity index (χ2v) is 10.6. The van der Waals surface area contributed by atoms with Crippen molar-refractivity contribution in [2.45, 2.75) is 52.9 Å². The molecule has 4 rings (SSSR count). The van der Waals surface area contributed by atoms with Crippen LogP contribution in [0.5, 0.6) is 5.75 Å². The van der Waals surface area contributed by atoms with E-state index in [0.717, 1.165) is 83.3 Å². The minimum atomic E-state index is -0.101. The van der Waals surface area contributed by atoms with Gasteiger partial charge in [-0.25, -0.2) is 9.97 Å². The van der Waals surface area contributed by atoms with E-state index in [-0.39, 0.29) is 5.41 Å². The van der Waals surface area contributed by atoms with Crippen LogP contribution in [0.4, 0.5) is 5.82 Å². The van der Waals surface area contributed by atoms with Crippen molar-refractivity contribution < 1.29 is 4.74 Å². The molecule has 0 amide bonds. The van der Waals surface area contributed by atoms with E-state index >= 15 is 0 Å². The van der Waals surface area contributed by atoms with E-state index in [9.17, 15) is 0 Å². The molecule has 0 unspecified atom stereocenters. The van der Waals surface area contributed by atoms with Gasteiger partial charge in [0.25, 0.3) is 0 Å². The Hall–Kier alpha value is -3.38. The number of H-pyrrole nitrogens is 1. The van der Waals surface area contributed by atoms with Gasteiger partial charge in [-0.05, 0) is 73.6 Å². The predicted molar refractivity (Wildman–Crippen MR) is 156 cm³/mol. The number of hydrogen-bond donors (Lipinski definition) is 2. The second kappa shape index (κ2) is 11.8. The maximum Gasteiger partial charge on any atom is 0.126 e. The van der Waals surface area contributed by atoms with Crippen molar-refractivity contribution >= 4 is 16.6 Å². The number of ether oxygens (including phenoxy) is 1. The number of methoxy groups -OCH3 is 1. The molecule has 6 nitrogen and oxygen atoms in total. The first-order chi connectivity index (χ1) is 17.8. The standard InChI is InChI=1S/C31H41N5O/c1-7-36(8-2)18-10-9-16-32-27-21-25(15-17-33-27)29-28(34-30(35-29)31(3,4)5)24-12-11-23-20-26(37-6)14-13-22(23)19-24/h11-15,17,19-21H,7-10,16,18H2,1-6H3,(H,32,33)(H,34,35). The Morgan fingerprint density at radius 3 is 2.41 bits per heavy atom. The summed E-state index contributed by atoms with van der Waals surface area (Å²) in [5.74, 6) is 2.72. The monoisotopic (exact) mass is 499 g/mol. The molecule has 0 aliphatic rings. The Morgan fingerprint density at radius 1 is 0.919 bits per heavy atom. The Labute approximate surface area is 221 Å². The highest BCUT2D eigenvalue weighted by Crippen LogP contribution is 2.35. The Morgan fingerprint density at radius 2 is 1.68 bits per heavy atom. The zero-order valence-electron chi connectivity index (χ0n) is 23.2. The van der Waals surface area contributed by atoms with Crippen molar-refractivity contribution in [1.29, 1.82) is 0 Å². The van der Waals surface area contributed by atoms with E-state index < -0.39 is 0 Å². The summed E-state index contributed by atoms with van der Waals surface area (Å²) in [6.07, 6.45) is 4.18. The Balaban J connectivity index is 1.60. The largest absolute Gasteiger partial charge is 0.497 e. The summed E-state index contributed by atoms with van der Waals surface area (Å²) in [5.41, 5.74) is 4.04. The van der Waals surface area contributed by atoms with Gasteiger partial charge in [0, 0.05) is 29.3 Å². The van der Waals surface area contributed by atoms with Crippen molar-refractivity contribution in [2.24, 2.45) is 0 Å². The van der Waals surface area contributed by atoms with Crippen LogP contribution in [-0.4, -0.2) is 53.1 Å². The van der Waals surface area contributed by atoms with E-state index in [0.29, 0.717) is 0 Å². The molecule has 2 aromatic carbocycles. The van der Waals surface area contributed by atoms with Crippen LogP contribution in [0.15, 0.2) is 54.7 Å². The minimum Gasteiger partial charge on any atom is -0.497 e. The van der Waals surface area contributed by atoms with Gasteiger partial charge in [0.15, 0.2) is 0 Å². The summed E-state index contributed by atoms with van der Waals surface area (Å²) in [6, 6.07) is 16.8. The number of unbranched alkanes of at least 4 members (excludes halogenated alkanes) is 1. The van der Waals surface area contributed by atoms with E-state index in [1.165, 1.54) is 6.42 Å². The number of fused-ring (bicyclic) bond motifs is 1. The SMILES string of the molecule is CCN(CC)CCCCNc1cc(-c2[nH]c(C(C)(C)C)nc2-c2ccc3cc(OC)ccc3c2)ccn1. The van der Waals surface area contributed by atoms with Crippen molar-refractivity contribution in [3.8, 4) is 28.3 Å². The van der Waals surface area contributed by atoms with Gasteiger partial charge < -0.3 is 19.9 Å². The average Bonchev–Trinajstić information content (AvgIpc) is 3.37. The molecule has 0 atom stereocenters. The molecule has 2 aromatic heterocycles. The van der Waals surface area contributed by atoms with Gasteiger partial charge >= 0.3 is 0 Å². The molecule has 0 saturated heterocycles. The molecular weight excluding hydrogens is 458 g/mol. The number of imidazole rings is 1. The molecule has 2 heterocycles. The lowest BCUT2D eigenvalue weighted by Crippen LogP contribution is -2.24. The van der Waals surface area contributed by atoms with Crippen LogP contribution in [0.3, 0.4) is 0 Å². The van der Waals surface area contributed by atoms with Crippen molar-refractivity contribution in [3.05, 3.63) is 60.6 Å². The third-order valence-electron chi connectivity index (χ3n) is 6.89. The molecule has 6 heteroatoms. The number of nitrogens with zero attached hydrogens (tertiary/aromatic N) is 3.